The van der Waals surface area contributed by atoms with Crippen molar-refractivity contribution in [2.75, 3.05) is 13.1 Å². The topological polar surface area (TPSA) is 54.5 Å². The molecule has 1 aromatic rings. The van der Waals surface area contributed by atoms with Gasteiger partial charge in [0.1, 0.15) is 5.82 Å². The van der Waals surface area contributed by atoms with E-state index in [0.717, 1.165) is 19.3 Å². The van der Waals surface area contributed by atoms with Crippen molar-refractivity contribution >= 4 is 27.3 Å². The number of hydrogen-bond acceptors (Lipinski definition) is 3. The van der Waals surface area contributed by atoms with Crippen LogP contribution in [0, 0.1) is 5.82 Å². The summed E-state index contributed by atoms with van der Waals surface area (Å²) in [6, 6.07) is 4.06. The molecule has 1 aliphatic carbocycles. The second-order valence-electron chi connectivity index (χ2n) is 6.28. The summed E-state index contributed by atoms with van der Waals surface area (Å²) in [4.78, 5) is 13.7. The summed E-state index contributed by atoms with van der Waals surface area (Å²) in [6.45, 7) is 0.255. The third kappa shape index (κ3) is 3.11. The van der Waals surface area contributed by atoms with E-state index in [1.165, 1.54) is 23.1 Å². The Balaban J connectivity index is 1.68. The van der Waals surface area contributed by atoms with Crippen LogP contribution in [0.1, 0.15) is 42.5 Å². The van der Waals surface area contributed by atoms with Gasteiger partial charge in [-0.1, -0.05) is 36.9 Å². The van der Waals surface area contributed by atoms with Crippen LogP contribution < -0.4 is 0 Å². The molecule has 2 aliphatic rings. The molecule has 1 amide bonds. The number of rotatable bonds is 3. The lowest BCUT2D eigenvalue weighted by atomic mass is 10.0. The number of halogens is 2. The lowest BCUT2D eigenvalue weighted by Crippen LogP contribution is -2.58. The van der Waals surface area contributed by atoms with E-state index in [2.05, 4.69) is 0 Å². The van der Waals surface area contributed by atoms with Gasteiger partial charge in [0.25, 0.3) is 5.91 Å². The standard InChI is InChI=1S/C16H19ClFNO3S/c17-13-7-4-8-14(18)15(13)16(20)19-9-12(10-19)23(21,22)11-5-2-1-3-6-11/h4,7-8,11-12H,1-3,5-6,9-10H2. The quantitative estimate of drug-likeness (QED) is 0.833. The summed E-state index contributed by atoms with van der Waals surface area (Å²) in [5.74, 6) is -1.22. The highest BCUT2D eigenvalue weighted by Gasteiger charge is 2.44. The minimum absolute atomic E-state index is 0.0496. The Labute approximate surface area is 140 Å². The van der Waals surface area contributed by atoms with Gasteiger partial charge < -0.3 is 4.90 Å². The molecule has 0 spiro atoms. The van der Waals surface area contributed by atoms with Crippen LogP contribution in [0.15, 0.2) is 18.2 Å². The van der Waals surface area contributed by atoms with Crippen LogP contribution in [0.3, 0.4) is 0 Å². The molecule has 0 unspecified atom stereocenters. The molecule has 1 saturated heterocycles. The van der Waals surface area contributed by atoms with Crippen molar-refractivity contribution in [1.29, 1.82) is 0 Å². The lowest BCUT2D eigenvalue weighted by molar-refractivity contribution is 0.0653. The molecule has 2 fully saturated rings. The lowest BCUT2D eigenvalue weighted by Gasteiger charge is -2.41. The second-order valence-corrected chi connectivity index (χ2v) is 9.20. The van der Waals surface area contributed by atoms with Gasteiger partial charge in [0.15, 0.2) is 9.84 Å². The minimum Gasteiger partial charge on any atom is -0.336 e. The molecular weight excluding hydrogens is 341 g/mol. The fraction of sp³-hybridized carbons (Fsp3) is 0.562. The highest BCUT2D eigenvalue weighted by Crippen LogP contribution is 2.31. The largest absolute Gasteiger partial charge is 0.336 e. The monoisotopic (exact) mass is 359 g/mol. The van der Waals surface area contributed by atoms with Crippen molar-refractivity contribution in [3.8, 4) is 0 Å². The van der Waals surface area contributed by atoms with Crippen molar-refractivity contribution in [2.24, 2.45) is 0 Å². The van der Waals surface area contributed by atoms with Crippen LogP contribution in [-0.2, 0) is 9.84 Å². The Morgan fingerprint density at radius 1 is 1.13 bits per heavy atom. The Hall–Kier alpha value is -1.14. The fourth-order valence-electron chi connectivity index (χ4n) is 3.34. The van der Waals surface area contributed by atoms with Crippen molar-refractivity contribution < 1.29 is 17.6 Å². The van der Waals surface area contributed by atoms with E-state index < -0.39 is 26.8 Å². The van der Waals surface area contributed by atoms with Crippen molar-refractivity contribution in [3.63, 3.8) is 0 Å². The number of amides is 1. The predicted octanol–water partition coefficient (Wildman–Crippen LogP) is 3.05. The van der Waals surface area contributed by atoms with Crippen LogP contribution in [0.5, 0.6) is 0 Å². The number of benzene rings is 1. The van der Waals surface area contributed by atoms with Crippen molar-refractivity contribution in [2.45, 2.75) is 42.6 Å². The molecule has 0 bridgehead atoms. The van der Waals surface area contributed by atoms with Gasteiger partial charge in [0.05, 0.1) is 21.1 Å². The Kier molecular flexibility index (Phi) is 4.65. The molecule has 1 aromatic carbocycles. The molecule has 126 valence electrons. The molecule has 1 heterocycles. The summed E-state index contributed by atoms with van der Waals surface area (Å²) in [6.07, 6.45) is 4.42. The average Bonchev–Trinajstić information content (AvgIpc) is 2.46. The van der Waals surface area contributed by atoms with E-state index in [4.69, 9.17) is 11.6 Å². The minimum atomic E-state index is -3.21. The van der Waals surface area contributed by atoms with Crippen LogP contribution >= 0.6 is 11.6 Å². The summed E-state index contributed by atoms with van der Waals surface area (Å²) in [5.41, 5.74) is -0.178. The molecule has 1 saturated carbocycles. The van der Waals surface area contributed by atoms with E-state index in [-0.39, 0.29) is 28.9 Å². The smallest absolute Gasteiger partial charge is 0.258 e. The highest BCUT2D eigenvalue weighted by atomic mass is 35.5. The van der Waals surface area contributed by atoms with Gasteiger partial charge in [0, 0.05) is 13.1 Å². The van der Waals surface area contributed by atoms with Gasteiger partial charge in [-0.3, -0.25) is 4.79 Å². The molecule has 0 radical (unpaired) electrons. The first-order chi connectivity index (χ1) is 10.9. The summed E-state index contributed by atoms with van der Waals surface area (Å²) < 4.78 is 38.9. The second kappa shape index (κ2) is 6.40. The Morgan fingerprint density at radius 3 is 2.39 bits per heavy atom. The van der Waals surface area contributed by atoms with E-state index in [0.29, 0.717) is 12.8 Å². The maximum atomic E-state index is 13.8. The number of carbonyl (C=O) groups excluding carboxylic acids is 1. The van der Waals surface area contributed by atoms with Crippen LogP contribution in [0.2, 0.25) is 5.02 Å². The van der Waals surface area contributed by atoms with Gasteiger partial charge in [-0.15, -0.1) is 0 Å². The number of hydrogen-bond donors (Lipinski definition) is 0. The molecule has 0 N–H and O–H groups in total. The molecule has 23 heavy (non-hydrogen) atoms. The fourth-order valence-corrected chi connectivity index (χ4v) is 5.89. The predicted molar refractivity (Wildman–Crippen MR) is 86.9 cm³/mol. The number of carbonyl (C=O) groups is 1. The van der Waals surface area contributed by atoms with Crippen LogP contribution in [0.25, 0.3) is 0 Å². The number of nitrogens with zero attached hydrogens (tertiary/aromatic N) is 1. The summed E-state index contributed by atoms with van der Waals surface area (Å²) >= 11 is 5.89. The van der Waals surface area contributed by atoms with Gasteiger partial charge in [-0.2, -0.15) is 0 Å². The summed E-state index contributed by atoms with van der Waals surface area (Å²) in [7, 11) is -3.21. The van der Waals surface area contributed by atoms with Crippen LogP contribution in [-0.4, -0.2) is 42.8 Å². The molecule has 1 aliphatic heterocycles. The first-order valence-corrected chi connectivity index (χ1v) is 9.86. The van der Waals surface area contributed by atoms with Crippen molar-refractivity contribution in [3.05, 3.63) is 34.6 Å². The number of likely N-dealkylation sites (tertiary alicyclic amines) is 1. The van der Waals surface area contributed by atoms with Crippen LogP contribution in [0.4, 0.5) is 4.39 Å². The average molecular weight is 360 g/mol. The maximum absolute atomic E-state index is 13.8. The Bertz CT molecular complexity index is 690. The zero-order chi connectivity index (χ0) is 16.6. The van der Waals surface area contributed by atoms with Gasteiger partial charge in [-0.05, 0) is 25.0 Å². The van der Waals surface area contributed by atoms with E-state index in [1.54, 1.807) is 0 Å². The highest BCUT2D eigenvalue weighted by molar-refractivity contribution is 7.92. The normalized spacial score (nSPS) is 20.3. The van der Waals surface area contributed by atoms with Gasteiger partial charge >= 0.3 is 0 Å². The molecular formula is C16H19ClFNO3S. The van der Waals surface area contributed by atoms with E-state index >= 15 is 0 Å². The first kappa shape index (κ1) is 16.7. The number of sulfone groups is 1. The molecule has 4 nitrogen and oxygen atoms in total. The molecule has 3 rings (SSSR count). The SMILES string of the molecule is O=C(c1c(F)cccc1Cl)N1CC(S(=O)(=O)C2CCCCC2)C1. The first-order valence-electron chi connectivity index (χ1n) is 7.87. The summed E-state index contributed by atoms with van der Waals surface area (Å²) in [5, 5.41) is -0.760. The van der Waals surface area contributed by atoms with Gasteiger partial charge in [-0.25, -0.2) is 12.8 Å². The zero-order valence-corrected chi connectivity index (χ0v) is 14.2. The molecule has 0 atom stereocenters. The Morgan fingerprint density at radius 2 is 1.78 bits per heavy atom. The third-order valence-electron chi connectivity index (χ3n) is 4.79. The van der Waals surface area contributed by atoms with E-state index in [9.17, 15) is 17.6 Å². The maximum Gasteiger partial charge on any atom is 0.258 e. The third-order valence-corrected chi connectivity index (χ3v) is 7.74. The molecule has 0 aromatic heterocycles. The van der Waals surface area contributed by atoms with E-state index in [1.807, 2.05) is 0 Å². The van der Waals surface area contributed by atoms with Gasteiger partial charge in [0.2, 0.25) is 0 Å². The molecule has 7 heteroatoms. The zero-order valence-electron chi connectivity index (χ0n) is 12.7. The van der Waals surface area contributed by atoms with Crippen molar-refractivity contribution in [1.82, 2.24) is 4.90 Å².